The molecule has 9 heteroatoms. The van der Waals surface area contributed by atoms with E-state index >= 15 is 0 Å². The Morgan fingerprint density at radius 1 is 0.904 bits per heavy atom. The Balaban J connectivity index is 1.24. The number of anilines is 1. The molecule has 0 unspecified atom stereocenters. The Morgan fingerprint density at radius 3 is 2.38 bits per heavy atom. The molecular formula is C43H53N3O5S. The second-order valence-corrected chi connectivity index (χ2v) is 14.5. The Bertz CT molecular complexity index is 1730. The first-order valence-electron chi connectivity index (χ1n) is 19.0. The third-order valence-electron chi connectivity index (χ3n) is 9.62. The van der Waals surface area contributed by atoms with Gasteiger partial charge in [-0.05, 0) is 124 Å². The van der Waals surface area contributed by atoms with Crippen molar-refractivity contribution in [1.29, 1.82) is 0 Å². The molecule has 0 amide bonds. The van der Waals surface area contributed by atoms with E-state index in [0.717, 1.165) is 84.7 Å². The van der Waals surface area contributed by atoms with Crippen molar-refractivity contribution in [3.63, 3.8) is 0 Å². The summed E-state index contributed by atoms with van der Waals surface area (Å²) in [6.45, 7) is 9.61. The first-order valence-corrected chi connectivity index (χ1v) is 19.8. The van der Waals surface area contributed by atoms with Crippen molar-refractivity contribution in [1.82, 2.24) is 4.98 Å². The van der Waals surface area contributed by atoms with Crippen LogP contribution in [-0.4, -0.2) is 42.9 Å². The number of carbonyl (C=O) groups is 2. The van der Waals surface area contributed by atoms with Crippen molar-refractivity contribution in [2.45, 2.75) is 96.8 Å². The fourth-order valence-corrected chi connectivity index (χ4v) is 7.67. The molecule has 4 aromatic rings. The van der Waals surface area contributed by atoms with E-state index in [0.29, 0.717) is 36.2 Å². The van der Waals surface area contributed by atoms with Crippen molar-refractivity contribution >= 4 is 44.8 Å². The topological polar surface area (TPSA) is 90.3 Å². The van der Waals surface area contributed by atoms with Gasteiger partial charge in [-0.25, -0.2) is 19.6 Å². The van der Waals surface area contributed by atoms with Crippen molar-refractivity contribution in [2.75, 3.05) is 24.8 Å². The van der Waals surface area contributed by atoms with Gasteiger partial charge in [0.25, 0.3) is 0 Å². The molecule has 3 aromatic carbocycles. The number of hydrogen-bond acceptors (Lipinski definition) is 9. The second kappa shape index (κ2) is 20.5. The SMILES string of the molecule is C=CC(=O)OCCCCCCOc1ccc(C(=O)Oc2ccc(C3CCC(CCC)CC3)c(/C=N/N(CCCC)c3nc4ccccc4s3)c2)cc1. The summed E-state index contributed by atoms with van der Waals surface area (Å²) in [6, 6.07) is 21.3. The number of hydrazone groups is 1. The third-order valence-corrected chi connectivity index (χ3v) is 10.7. The maximum absolute atomic E-state index is 13.3. The first-order chi connectivity index (χ1) is 25.5. The van der Waals surface area contributed by atoms with Crippen LogP contribution in [0, 0.1) is 5.92 Å². The maximum Gasteiger partial charge on any atom is 0.343 e. The van der Waals surface area contributed by atoms with Gasteiger partial charge in [0.2, 0.25) is 5.13 Å². The average Bonchev–Trinajstić information content (AvgIpc) is 3.61. The van der Waals surface area contributed by atoms with Crippen LogP contribution < -0.4 is 14.5 Å². The van der Waals surface area contributed by atoms with Crippen molar-refractivity contribution in [3.8, 4) is 11.5 Å². The highest BCUT2D eigenvalue weighted by Crippen LogP contribution is 2.39. The van der Waals surface area contributed by atoms with E-state index in [1.54, 1.807) is 35.6 Å². The van der Waals surface area contributed by atoms with Crippen LogP contribution in [0.1, 0.15) is 118 Å². The zero-order chi connectivity index (χ0) is 36.5. The highest BCUT2D eigenvalue weighted by molar-refractivity contribution is 7.22. The Kier molecular flexibility index (Phi) is 15.3. The number of para-hydroxylation sites is 1. The van der Waals surface area contributed by atoms with Gasteiger partial charge in [-0.1, -0.05) is 69.2 Å². The van der Waals surface area contributed by atoms with E-state index in [1.165, 1.54) is 37.3 Å². The molecule has 1 aliphatic rings. The summed E-state index contributed by atoms with van der Waals surface area (Å²) < 4.78 is 18.0. The number of esters is 2. The zero-order valence-corrected chi connectivity index (χ0v) is 31.6. The normalized spacial score (nSPS) is 15.8. The molecule has 1 fully saturated rings. The third kappa shape index (κ3) is 11.5. The summed E-state index contributed by atoms with van der Waals surface area (Å²) in [6.07, 6.45) is 16.1. The van der Waals surface area contributed by atoms with Crippen LogP contribution in [0.3, 0.4) is 0 Å². The van der Waals surface area contributed by atoms with Crippen LogP contribution >= 0.6 is 11.3 Å². The molecule has 8 nitrogen and oxygen atoms in total. The van der Waals surface area contributed by atoms with Gasteiger partial charge >= 0.3 is 11.9 Å². The smallest absolute Gasteiger partial charge is 0.343 e. The molecule has 0 N–H and O–H groups in total. The van der Waals surface area contributed by atoms with Crippen LogP contribution in [0.4, 0.5) is 5.13 Å². The molecule has 1 saturated carbocycles. The van der Waals surface area contributed by atoms with Crippen LogP contribution in [0.2, 0.25) is 0 Å². The average molecular weight is 724 g/mol. The molecule has 0 aliphatic heterocycles. The summed E-state index contributed by atoms with van der Waals surface area (Å²) in [5.41, 5.74) is 3.68. The Hall–Kier alpha value is -4.50. The number of aromatic nitrogens is 1. The lowest BCUT2D eigenvalue weighted by molar-refractivity contribution is -0.137. The van der Waals surface area contributed by atoms with Crippen LogP contribution in [-0.2, 0) is 9.53 Å². The van der Waals surface area contributed by atoms with Gasteiger partial charge in [-0.15, -0.1) is 0 Å². The van der Waals surface area contributed by atoms with Crippen molar-refractivity contribution in [3.05, 3.63) is 96.1 Å². The second-order valence-electron chi connectivity index (χ2n) is 13.5. The van der Waals surface area contributed by atoms with Crippen LogP contribution in [0.5, 0.6) is 11.5 Å². The van der Waals surface area contributed by atoms with E-state index in [1.807, 2.05) is 41.6 Å². The number of unbranched alkanes of at least 4 members (excludes halogenated alkanes) is 4. The van der Waals surface area contributed by atoms with Gasteiger partial charge < -0.3 is 14.2 Å². The number of hydrogen-bond donors (Lipinski definition) is 0. The summed E-state index contributed by atoms with van der Waals surface area (Å²) in [5.74, 6) is 1.65. The number of benzene rings is 3. The van der Waals surface area contributed by atoms with Crippen LogP contribution in [0.15, 0.2) is 84.5 Å². The van der Waals surface area contributed by atoms with E-state index < -0.39 is 5.97 Å². The minimum Gasteiger partial charge on any atom is -0.494 e. The minimum atomic E-state index is -0.418. The summed E-state index contributed by atoms with van der Waals surface area (Å²) in [5, 5.41) is 7.92. The fraction of sp³-hybridized carbons (Fsp3) is 0.442. The van der Waals surface area contributed by atoms with Crippen LogP contribution in [0.25, 0.3) is 10.2 Å². The molecule has 0 radical (unpaired) electrons. The van der Waals surface area contributed by atoms with Gasteiger partial charge in [-0.3, -0.25) is 0 Å². The first kappa shape index (κ1) is 38.7. The molecule has 0 bridgehead atoms. The van der Waals surface area contributed by atoms with Gasteiger partial charge in [0.05, 0.1) is 35.2 Å². The number of fused-ring (bicyclic) bond motifs is 1. The number of carbonyl (C=O) groups excluding carboxylic acids is 2. The monoisotopic (exact) mass is 723 g/mol. The Labute approximate surface area is 312 Å². The summed E-state index contributed by atoms with van der Waals surface area (Å²) >= 11 is 1.65. The minimum absolute atomic E-state index is 0.385. The Morgan fingerprint density at radius 2 is 1.65 bits per heavy atom. The highest BCUT2D eigenvalue weighted by atomic mass is 32.1. The molecule has 0 spiro atoms. The number of thiazole rings is 1. The molecule has 0 atom stereocenters. The predicted molar refractivity (Wildman–Crippen MR) is 212 cm³/mol. The molecule has 1 aliphatic carbocycles. The summed E-state index contributed by atoms with van der Waals surface area (Å²) in [4.78, 5) is 29.3. The molecule has 1 aromatic heterocycles. The van der Waals surface area contributed by atoms with Gasteiger partial charge in [0, 0.05) is 18.2 Å². The highest BCUT2D eigenvalue weighted by Gasteiger charge is 2.24. The quantitative estimate of drug-likeness (QED) is 0.0224. The summed E-state index contributed by atoms with van der Waals surface area (Å²) in [7, 11) is 0. The molecule has 5 rings (SSSR count). The predicted octanol–water partition coefficient (Wildman–Crippen LogP) is 10.9. The number of nitrogens with zero attached hydrogens (tertiary/aromatic N) is 3. The molecule has 1 heterocycles. The van der Waals surface area contributed by atoms with E-state index in [2.05, 4.69) is 32.6 Å². The van der Waals surface area contributed by atoms with E-state index in [9.17, 15) is 9.59 Å². The molecule has 0 saturated heterocycles. The fourth-order valence-electron chi connectivity index (χ4n) is 6.72. The number of rotatable bonds is 20. The lowest BCUT2D eigenvalue weighted by atomic mass is 9.76. The van der Waals surface area contributed by atoms with E-state index in [4.69, 9.17) is 24.3 Å². The lowest BCUT2D eigenvalue weighted by Crippen LogP contribution is -2.18. The van der Waals surface area contributed by atoms with E-state index in [-0.39, 0.29) is 5.97 Å². The molecule has 276 valence electrons. The van der Waals surface area contributed by atoms with Crippen molar-refractivity contribution in [2.24, 2.45) is 11.0 Å². The van der Waals surface area contributed by atoms with Gasteiger partial charge in [-0.2, -0.15) is 5.10 Å². The lowest BCUT2D eigenvalue weighted by Gasteiger charge is -2.29. The largest absolute Gasteiger partial charge is 0.494 e. The molecular weight excluding hydrogens is 671 g/mol. The van der Waals surface area contributed by atoms with Crippen molar-refractivity contribution < 1.29 is 23.8 Å². The molecule has 52 heavy (non-hydrogen) atoms. The zero-order valence-electron chi connectivity index (χ0n) is 30.8. The number of ether oxygens (including phenoxy) is 3. The van der Waals surface area contributed by atoms with Gasteiger partial charge in [0.15, 0.2) is 0 Å². The van der Waals surface area contributed by atoms with Gasteiger partial charge in [0.1, 0.15) is 11.5 Å². The maximum atomic E-state index is 13.3. The standard InChI is InChI=1S/C43H53N3O5S/c1-4-7-27-46(43-45-39-15-10-11-16-40(39)52-43)44-31-35-30-37(25-26-38(35)33-19-17-32(14-5-2)18-20-33)51-42(48)34-21-23-36(24-22-34)49-28-12-8-9-13-29-50-41(47)6-3/h6,10-11,15-16,21-26,30-33H,3-5,7-9,12-14,17-20,27-29H2,1-2H3/b44-31+.